The normalized spacial score (nSPS) is 25.5. The first-order chi connectivity index (χ1) is 20.9. The number of fused-ring (bicyclic) bond motifs is 2. The number of sulfone groups is 1. The summed E-state index contributed by atoms with van der Waals surface area (Å²) in [6, 6.07) is 13.5. The number of carbonyl (C=O) groups is 1. The summed E-state index contributed by atoms with van der Waals surface area (Å²) in [4.78, 5) is 17.2. The number of hydrogen-bond acceptors (Lipinski definition) is 7. The minimum atomic E-state index is -4.10. The first-order valence-corrected chi connectivity index (χ1v) is 16.0. The molecule has 1 amide bonds. The van der Waals surface area contributed by atoms with Gasteiger partial charge in [0.15, 0.2) is 27.3 Å². The Morgan fingerprint density at radius 3 is 2.59 bits per heavy atom. The Balaban J connectivity index is 1.26. The van der Waals surface area contributed by atoms with Gasteiger partial charge in [-0.1, -0.05) is 24.6 Å². The Labute approximate surface area is 257 Å². The smallest absolute Gasteiger partial charge is 0.255 e. The first kappa shape index (κ1) is 30.3. The third-order valence-corrected chi connectivity index (χ3v) is 11.6. The molecule has 2 aliphatic rings. The molecular weight excluding hydrogens is 614 g/mol. The summed E-state index contributed by atoms with van der Waals surface area (Å²) in [6.07, 6.45) is 2.58. The van der Waals surface area contributed by atoms with Gasteiger partial charge in [0.1, 0.15) is 11.7 Å². The maximum Gasteiger partial charge on any atom is 0.255 e. The molecule has 2 heterocycles. The molecule has 2 saturated carbocycles. The van der Waals surface area contributed by atoms with Gasteiger partial charge in [0, 0.05) is 29.7 Å². The highest BCUT2D eigenvalue weighted by atomic mass is 35.5. The Bertz CT molecular complexity index is 1840. The molecule has 4 aromatic rings. The van der Waals surface area contributed by atoms with E-state index < -0.39 is 56.2 Å². The van der Waals surface area contributed by atoms with Crippen LogP contribution in [-0.4, -0.2) is 50.2 Å². The van der Waals surface area contributed by atoms with E-state index in [1.165, 1.54) is 28.9 Å². The molecule has 2 aromatic heterocycles. The molecular formula is C31H29ClF2N4O5S. The average Bonchev–Trinajstić information content (AvgIpc) is 3.57. The number of anilines is 1. The lowest BCUT2D eigenvalue weighted by molar-refractivity contribution is -0.149. The Morgan fingerprint density at radius 2 is 1.89 bits per heavy atom. The molecule has 2 bridgehead atoms. The summed E-state index contributed by atoms with van der Waals surface area (Å²) in [7, 11) is -4.10. The monoisotopic (exact) mass is 642 g/mol. The summed E-state index contributed by atoms with van der Waals surface area (Å²) >= 11 is 6.36. The second kappa shape index (κ2) is 11.3. The van der Waals surface area contributed by atoms with E-state index >= 15 is 0 Å². The Hall–Kier alpha value is -3.71. The highest BCUT2D eigenvalue weighted by Gasteiger charge is 2.62. The molecule has 3 N–H and O–H groups in total. The molecule has 9 nitrogen and oxygen atoms in total. The van der Waals surface area contributed by atoms with Crippen LogP contribution < -0.4 is 5.32 Å². The fourth-order valence-electron chi connectivity index (χ4n) is 6.82. The van der Waals surface area contributed by atoms with Crippen molar-refractivity contribution < 1.29 is 32.2 Å². The number of nitrogens with one attached hydrogen (secondary N) is 1. The molecule has 4 unspecified atom stereocenters. The first-order valence-electron chi connectivity index (χ1n) is 14.1. The predicted molar refractivity (Wildman–Crippen MR) is 158 cm³/mol. The minimum absolute atomic E-state index is 0.00593. The van der Waals surface area contributed by atoms with Crippen molar-refractivity contribution in [3.8, 4) is 5.82 Å². The highest BCUT2D eigenvalue weighted by Crippen LogP contribution is 2.58. The molecule has 13 heteroatoms. The fraction of sp³-hybridized carbons (Fsp3) is 0.323. The Morgan fingerprint density at radius 1 is 1.09 bits per heavy atom. The molecule has 44 heavy (non-hydrogen) atoms. The summed E-state index contributed by atoms with van der Waals surface area (Å²) in [5, 5.41) is 29.2. The standard InChI is InChI=1S/C31H29ClF2N4O5S/c1-17-12-19-14-21(16-22(17)31(19,41)29(39)26-4-2-5-28(37-26)38-11-3-10-35-38)44(42,43)27-13-18(6-8-23(27)32)30(40)36-20-7-9-24(33)25(34)15-20/h2-11,13,15,17,19,21-22,29,39,41H,12,14,16H2,1H3,(H,36,40)/t17-,19?,21?,22?,29?,31+/m0/s1. The summed E-state index contributed by atoms with van der Waals surface area (Å²) in [5.74, 6) is -3.69. The highest BCUT2D eigenvalue weighted by molar-refractivity contribution is 7.92. The minimum Gasteiger partial charge on any atom is -0.386 e. The number of rotatable bonds is 7. The van der Waals surface area contributed by atoms with Gasteiger partial charge in [-0.25, -0.2) is 26.9 Å². The van der Waals surface area contributed by atoms with Crippen LogP contribution in [0.15, 0.2) is 78.0 Å². The van der Waals surface area contributed by atoms with Gasteiger partial charge >= 0.3 is 0 Å². The van der Waals surface area contributed by atoms with E-state index in [9.17, 15) is 32.2 Å². The largest absolute Gasteiger partial charge is 0.386 e. The molecule has 2 fully saturated rings. The average molecular weight is 643 g/mol. The predicted octanol–water partition coefficient (Wildman–Crippen LogP) is 5.12. The zero-order chi connectivity index (χ0) is 31.4. The van der Waals surface area contributed by atoms with E-state index in [0.29, 0.717) is 12.2 Å². The maximum absolute atomic E-state index is 14.0. The van der Waals surface area contributed by atoms with Crippen LogP contribution in [0.25, 0.3) is 5.82 Å². The third-order valence-electron chi connectivity index (χ3n) is 8.98. The van der Waals surface area contributed by atoms with Crippen LogP contribution in [0.2, 0.25) is 5.02 Å². The van der Waals surface area contributed by atoms with E-state index in [1.54, 1.807) is 36.7 Å². The topological polar surface area (TPSA) is 134 Å². The molecule has 6 rings (SSSR count). The molecule has 0 saturated heterocycles. The van der Waals surface area contributed by atoms with E-state index in [4.69, 9.17) is 11.6 Å². The van der Waals surface area contributed by atoms with Gasteiger partial charge < -0.3 is 15.5 Å². The lowest BCUT2D eigenvalue weighted by Crippen LogP contribution is -2.52. The molecule has 6 atom stereocenters. The van der Waals surface area contributed by atoms with Crippen molar-refractivity contribution in [1.82, 2.24) is 14.8 Å². The number of hydrogen-bond donors (Lipinski definition) is 3. The van der Waals surface area contributed by atoms with Crippen molar-refractivity contribution in [2.24, 2.45) is 17.8 Å². The van der Waals surface area contributed by atoms with Crippen molar-refractivity contribution in [1.29, 1.82) is 0 Å². The van der Waals surface area contributed by atoms with Crippen molar-refractivity contribution in [3.63, 3.8) is 0 Å². The van der Waals surface area contributed by atoms with Crippen LogP contribution in [0.4, 0.5) is 14.5 Å². The van der Waals surface area contributed by atoms with Crippen LogP contribution in [-0.2, 0) is 9.84 Å². The molecule has 2 aromatic carbocycles. The second-order valence-corrected chi connectivity index (χ2v) is 14.1. The summed E-state index contributed by atoms with van der Waals surface area (Å²) < 4.78 is 56.5. The number of halogens is 3. The molecule has 2 aliphatic carbocycles. The second-order valence-electron chi connectivity index (χ2n) is 11.5. The molecule has 0 spiro atoms. The number of amides is 1. The number of aliphatic hydroxyl groups is 2. The van der Waals surface area contributed by atoms with E-state index in [2.05, 4.69) is 15.4 Å². The number of benzene rings is 2. The fourth-order valence-corrected chi connectivity index (χ4v) is 9.20. The number of carbonyl (C=O) groups excluding carboxylic acids is 1. The van der Waals surface area contributed by atoms with Gasteiger partial charge in [-0.15, -0.1) is 0 Å². The molecule has 0 aliphatic heterocycles. The van der Waals surface area contributed by atoms with E-state index in [-0.39, 0.29) is 45.6 Å². The number of nitrogens with zero attached hydrogens (tertiary/aromatic N) is 3. The number of pyridine rings is 1. The van der Waals surface area contributed by atoms with E-state index in [0.717, 1.165) is 12.1 Å². The zero-order valence-corrected chi connectivity index (χ0v) is 25.0. The van der Waals surface area contributed by atoms with Crippen molar-refractivity contribution >= 4 is 33.0 Å². The molecule has 230 valence electrons. The lowest BCUT2D eigenvalue weighted by atomic mass is 9.69. The Kier molecular flexibility index (Phi) is 7.81. The van der Waals surface area contributed by atoms with Gasteiger partial charge in [0.25, 0.3) is 5.91 Å². The quantitative estimate of drug-likeness (QED) is 0.255. The van der Waals surface area contributed by atoms with Gasteiger partial charge in [0.2, 0.25) is 0 Å². The van der Waals surface area contributed by atoms with Gasteiger partial charge in [-0.05, 0) is 85.5 Å². The van der Waals surface area contributed by atoms with Gasteiger partial charge in [0.05, 0.1) is 20.9 Å². The van der Waals surface area contributed by atoms with Gasteiger partial charge in [-0.2, -0.15) is 5.10 Å². The van der Waals surface area contributed by atoms with Crippen LogP contribution in [0.1, 0.15) is 48.3 Å². The van der Waals surface area contributed by atoms with Crippen molar-refractivity contribution in [2.75, 3.05) is 5.32 Å². The van der Waals surface area contributed by atoms with Gasteiger partial charge in [-0.3, -0.25) is 4.79 Å². The lowest BCUT2D eigenvalue weighted by Gasteiger charge is -2.45. The number of aliphatic hydroxyl groups excluding tert-OH is 1. The number of aromatic nitrogens is 3. The van der Waals surface area contributed by atoms with Crippen molar-refractivity contribution in [3.05, 3.63) is 101 Å². The molecule has 0 radical (unpaired) electrons. The maximum atomic E-state index is 14.0. The SMILES string of the molecule is C[C@H]1CC2CC(S(=O)(=O)c3cc(C(=O)Nc4ccc(F)c(F)c4)ccc3Cl)CC1[C@@]2(O)C(O)c1cccc(-n2cccn2)n1. The zero-order valence-electron chi connectivity index (χ0n) is 23.4. The van der Waals surface area contributed by atoms with Crippen molar-refractivity contribution in [2.45, 2.75) is 48.0 Å². The van der Waals surface area contributed by atoms with Crippen LogP contribution >= 0.6 is 11.6 Å². The summed E-state index contributed by atoms with van der Waals surface area (Å²) in [6.45, 7) is 1.93. The third kappa shape index (κ3) is 5.19. The van der Waals surface area contributed by atoms with Crippen LogP contribution in [0.3, 0.4) is 0 Å². The van der Waals surface area contributed by atoms with Crippen LogP contribution in [0, 0.1) is 29.4 Å². The van der Waals surface area contributed by atoms with Crippen LogP contribution in [0.5, 0.6) is 0 Å². The van der Waals surface area contributed by atoms with E-state index in [1.807, 2.05) is 6.92 Å². The summed E-state index contributed by atoms with van der Waals surface area (Å²) in [5.41, 5.74) is -1.40.